The van der Waals surface area contributed by atoms with E-state index in [0.29, 0.717) is 45.2 Å². The van der Waals surface area contributed by atoms with Crippen LogP contribution in [0.1, 0.15) is 10.4 Å². The summed E-state index contributed by atoms with van der Waals surface area (Å²) in [5.41, 5.74) is 15.6. The highest BCUT2D eigenvalue weighted by Crippen LogP contribution is 2.43. The first-order valence-electron chi connectivity index (χ1n) is 8.83. The topological polar surface area (TPSA) is 114 Å². The molecule has 4 aromatic rings. The van der Waals surface area contributed by atoms with Gasteiger partial charge in [0, 0.05) is 34.6 Å². The van der Waals surface area contributed by atoms with E-state index in [4.69, 9.17) is 25.4 Å². The molecule has 146 valence electrons. The number of hydrogen-bond donors (Lipinski definition) is 2. The summed E-state index contributed by atoms with van der Waals surface area (Å²) in [5, 5.41) is 0. The summed E-state index contributed by atoms with van der Waals surface area (Å²) in [5.74, 6) is 1.23. The molecule has 29 heavy (non-hydrogen) atoms. The number of nitrogens with zero attached hydrogens (tertiary/aromatic N) is 1. The van der Waals surface area contributed by atoms with E-state index in [1.165, 1.54) is 0 Å². The van der Waals surface area contributed by atoms with Crippen LogP contribution in [0.15, 0.2) is 59.1 Å². The number of fused-ring (bicyclic) bond motifs is 1. The third kappa shape index (κ3) is 3.12. The second kappa shape index (κ2) is 7.20. The molecule has 0 aliphatic heterocycles. The summed E-state index contributed by atoms with van der Waals surface area (Å²) in [6.45, 7) is 0. The SMILES string of the molecule is COc1cccc(OC)c1-c1ccnc2cc(-c3cc(C(N)=O)ccc3N)oc12. The average Bonchev–Trinajstić information content (AvgIpc) is 3.17. The van der Waals surface area contributed by atoms with E-state index >= 15 is 0 Å². The number of benzene rings is 2. The molecule has 4 rings (SSSR count). The molecule has 2 aromatic heterocycles. The highest BCUT2D eigenvalue weighted by Gasteiger charge is 2.20. The molecule has 4 N–H and O–H groups in total. The number of methoxy groups -OCH3 is 2. The lowest BCUT2D eigenvalue weighted by Crippen LogP contribution is -2.11. The van der Waals surface area contributed by atoms with Gasteiger partial charge < -0.3 is 25.4 Å². The maximum Gasteiger partial charge on any atom is 0.248 e. The van der Waals surface area contributed by atoms with Crippen LogP contribution in [0.4, 0.5) is 5.69 Å². The number of aromatic nitrogens is 1. The number of nitrogen functional groups attached to an aromatic ring is 1. The Labute approximate surface area is 166 Å². The number of rotatable bonds is 5. The molecule has 7 heteroatoms. The van der Waals surface area contributed by atoms with Gasteiger partial charge in [-0.3, -0.25) is 9.78 Å². The smallest absolute Gasteiger partial charge is 0.248 e. The van der Waals surface area contributed by atoms with Gasteiger partial charge in [0.25, 0.3) is 0 Å². The minimum absolute atomic E-state index is 0.342. The third-order valence-electron chi connectivity index (χ3n) is 4.71. The van der Waals surface area contributed by atoms with Crippen molar-refractivity contribution in [3.05, 3.63) is 60.3 Å². The van der Waals surface area contributed by atoms with Gasteiger partial charge >= 0.3 is 0 Å². The molecular weight excluding hydrogens is 370 g/mol. The molecule has 1 amide bonds. The molecular formula is C22H19N3O4. The molecule has 0 radical (unpaired) electrons. The van der Waals surface area contributed by atoms with Gasteiger partial charge in [-0.05, 0) is 36.4 Å². The number of ether oxygens (including phenoxy) is 2. The van der Waals surface area contributed by atoms with E-state index < -0.39 is 5.91 Å². The second-order valence-electron chi connectivity index (χ2n) is 6.39. The summed E-state index contributed by atoms with van der Waals surface area (Å²) in [6.07, 6.45) is 1.69. The summed E-state index contributed by atoms with van der Waals surface area (Å²) in [7, 11) is 3.19. The number of nitrogens with two attached hydrogens (primary N) is 2. The van der Waals surface area contributed by atoms with Crippen LogP contribution in [-0.4, -0.2) is 25.1 Å². The van der Waals surface area contributed by atoms with Gasteiger partial charge in [0.1, 0.15) is 22.8 Å². The van der Waals surface area contributed by atoms with Gasteiger partial charge in [0.05, 0.1) is 19.8 Å². The number of furan rings is 1. The Morgan fingerprint density at radius 1 is 1.00 bits per heavy atom. The van der Waals surface area contributed by atoms with Crippen molar-refractivity contribution in [1.29, 1.82) is 0 Å². The average molecular weight is 389 g/mol. The van der Waals surface area contributed by atoms with Gasteiger partial charge in [0.15, 0.2) is 5.58 Å². The largest absolute Gasteiger partial charge is 0.496 e. The summed E-state index contributed by atoms with van der Waals surface area (Å²) in [6, 6.07) is 14.0. The lowest BCUT2D eigenvalue weighted by Gasteiger charge is -2.13. The molecule has 0 unspecified atom stereocenters. The Morgan fingerprint density at radius 2 is 1.72 bits per heavy atom. The molecule has 0 spiro atoms. The number of anilines is 1. The fourth-order valence-electron chi connectivity index (χ4n) is 3.31. The van der Waals surface area contributed by atoms with Crippen molar-refractivity contribution in [3.8, 4) is 33.9 Å². The fourth-order valence-corrected chi connectivity index (χ4v) is 3.31. The first kappa shape index (κ1) is 18.4. The van der Waals surface area contributed by atoms with E-state index in [1.54, 1.807) is 44.7 Å². The zero-order chi connectivity index (χ0) is 20.5. The van der Waals surface area contributed by atoms with Gasteiger partial charge in [0.2, 0.25) is 5.91 Å². The van der Waals surface area contributed by atoms with Crippen LogP contribution >= 0.6 is 0 Å². The van der Waals surface area contributed by atoms with E-state index in [-0.39, 0.29) is 0 Å². The lowest BCUT2D eigenvalue weighted by atomic mass is 10.0. The Bertz CT molecular complexity index is 1210. The molecule has 0 aliphatic rings. The standard InChI is InChI=1S/C22H19N3O4/c1-27-17-4-3-5-18(28-2)20(17)13-8-9-25-16-11-19(29-21(13)16)14-10-12(22(24)26)6-7-15(14)23/h3-11H,23H2,1-2H3,(H2,24,26). The first-order chi connectivity index (χ1) is 14.0. The maximum absolute atomic E-state index is 11.6. The molecule has 0 fully saturated rings. The normalized spacial score (nSPS) is 10.8. The molecule has 2 aromatic carbocycles. The highest BCUT2D eigenvalue weighted by atomic mass is 16.5. The van der Waals surface area contributed by atoms with Crippen LogP contribution in [0.2, 0.25) is 0 Å². The molecule has 0 saturated carbocycles. The minimum Gasteiger partial charge on any atom is -0.496 e. The molecule has 0 atom stereocenters. The van der Waals surface area contributed by atoms with Gasteiger partial charge in [-0.1, -0.05) is 6.07 Å². The zero-order valence-electron chi connectivity index (χ0n) is 15.9. The third-order valence-corrected chi connectivity index (χ3v) is 4.71. The van der Waals surface area contributed by atoms with Crippen LogP contribution in [0.25, 0.3) is 33.6 Å². The molecule has 0 saturated heterocycles. The number of primary amides is 1. The van der Waals surface area contributed by atoms with Crippen molar-refractivity contribution < 1.29 is 18.7 Å². The Hall–Kier alpha value is -4.00. The van der Waals surface area contributed by atoms with E-state index in [2.05, 4.69) is 4.98 Å². The van der Waals surface area contributed by atoms with Crippen LogP contribution in [0.5, 0.6) is 11.5 Å². The van der Waals surface area contributed by atoms with Crippen molar-refractivity contribution in [1.82, 2.24) is 4.98 Å². The predicted molar refractivity (Wildman–Crippen MR) is 111 cm³/mol. The summed E-state index contributed by atoms with van der Waals surface area (Å²) >= 11 is 0. The van der Waals surface area contributed by atoms with E-state index in [1.807, 2.05) is 24.3 Å². The number of pyridine rings is 1. The fraction of sp³-hybridized carbons (Fsp3) is 0.0909. The lowest BCUT2D eigenvalue weighted by molar-refractivity contribution is 0.100. The summed E-state index contributed by atoms with van der Waals surface area (Å²) < 4.78 is 17.2. The van der Waals surface area contributed by atoms with E-state index in [9.17, 15) is 4.79 Å². The van der Waals surface area contributed by atoms with Crippen molar-refractivity contribution in [3.63, 3.8) is 0 Å². The van der Waals surface area contributed by atoms with Crippen LogP contribution < -0.4 is 20.9 Å². The quantitative estimate of drug-likeness (QED) is 0.501. The second-order valence-corrected chi connectivity index (χ2v) is 6.39. The first-order valence-corrected chi connectivity index (χ1v) is 8.83. The zero-order valence-corrected chi connectivity index (χ0v) is 15.9. The van der Waals surface area contributed by atoms with Gasteiger partial charge in [-0.2, -0.15) is 0 Å². The molecule has 2 heterocycles. The summed E-state index contributed by atoms with van der Waals surface area (Å²) in [4.78, 5) is 16.0. The van der Waals surface area contributed by atoms with Crippen LogP contribution in [0, 0.1) is 0 Å². The van der Waals surface area contributed by atoms with Crippen LogP contribution in [0.3, 0.4) is 0 Å². The monoisotopic (exact) mass is 389 g/mol. The van der Waals surface area contributed by atoms with Crippen molar-refractivity contribution >= 4 is 22.7 Å². The van der Waals surface area contributed by atoms with Gasteiger partial charge in [-0.15, -0.1) is 0 Å². The van der Waals surface area contributed by atoms with Crippen LogP contribution in [-0.2, 0) is 0 Å². The predicted octanol–water partition coefficient (Wildman–Crippen LogP) is 3.86. The minimum atomic E-state index is -0.542. The molecule has 7 nitrogen and oxygen atoms in total. The Morgan fingerprint density at radius 3 is 2.38 bits per heavy atom. The molecule has 0 bridgehead atoms. The van der Waals surface area contributed by atoms with Gasteiger partial charge in [-0.25, -0.2) is 0 Å². The van der Waals surface area contributed by atoms with E-state index in [0.717, 1.165) is 11.1 Å². The number of amides is 1. The Kier molecular flexibility index (Phi) is 4.56. The maximum atomic E-state index is 11.6. The van der Waals surface area contributed by atoms with Crippen molar-refractivity contribution in [2.24, 2.45) is 5.73 Å². The number of hydrogen-bond acceptors (Lipinski definition) is 6. The van der Waals surface area contributed by atoms with Crippen molar-refractivity contribution in [2.45, 2.75) is 0 Å². The van der Waals surface area contributed by atoms with Crippen molar-refractivity contribution in [2.75, 3.05) is 20.0 Å². The Balaban J connectivity index is 1.96. The highest BCUT2D eigenvalue weighted by molar-refractivity contribution is 5.98. The number of carbonyl (C=O) groups is 1. The number of carbonyl (C=O) groups excluding carboxylic acids is 1. The molecule has 0 aliphatic carbocycles.